The number of hydrogen-bond donors (Lipinski definition) is 0. The zero-order valence-electron chi connectivity index (χ0n) is 32.0. The van der Waals surface area contributed by atoms with E-state index >= 15 is 0 Å². The molecule has 4 heteroatoms. The highest BCUT2D eigenvalue weighted by atomic mass is 32.2. The van der Waals surface area contributed by atoms with Crippen LogP contribution in [0.2, 0.25) is 0 Å². The molecule has 0 amide bonds. The summed E-state index contributed by atoms with van der Waals surface area (Å²) in [6.45, 7) is 0. The summed E-state index contributed by atoms with van der Waals surface area (Å²) in [5.41, 5.74) is 16.0. The van der Waals surface area contributed by atoms with Crippen molar-refractivity contribution in [2.45, 2.75) is 15.2 Å². The predicted octanol–water partition coefficient (Wildman–Crippen LogP) is 13.9. The molecule has 10 aromatic rings. The van der Waals surface area contributed by atoms with Crippen molar-refractivity contribution in [3.05, 3.63) is 235 Å². The maximum absolute atomic E-state index is 5.27. The molecule has 8 aromatic carbocycles. The highest BCUT2D eigenvalue weighted by Gasteiger charge is 2.50. The van der Waals surface area contributed by atoms with Gasteiger partial charge >= 0.3 is 0 Å². The van der Waals surface area contributed by atoms with Gasteiger partial charge in [0.1, 0.15) is 5.82 Å². The first-order valence-corrected chi connectivity index (χ1v) is 20.9. The van der Waals surface area contributed by atoms with Crippen LogP contribution < -0.4 is 0 Å². The molecule has 0 atom stereocenters. The lowest BCUT2D eigenvalue weighted by Crippen LogP contribution is -2.32. The Hall–Kier alpha value is -7.27. The van der Waals surface area contributed by atoms with E-state index in [9.17, 15) is 0 Å². The number of imidazole rings is 1. The predicted molar refractivity (Wildman–Crippen MR) is 242 cm³/mol. The monoisotopic (exact) mass is 769 g/mol. The molecule has 1 spiro atoms. The summed E-state index contributed by atoms with van der Waals surface area (Å²) in [6, 6.07) is 72.6. The molecule has 0 unspecified atom stereocenters. The van der Waals surface area contributed by atoms with Crippen molar-refractivity contribution >= 4 is 22.5 Å². The van der Waals surface area contributed by atoms with E-state index < -0.39 is 5.41 Å². The molecule has 0 saturated heterocycles. The second kappa shape index (κ2) is 13.4. The van der Waals surface area contributed by atoms with Crippen LogP contribution in [0.25, 0.3) is 72.6 Å². The highest BCUT2D eigenvalue weighted by Crippen LogP contribution is 2.62. The van der Waals surface area contributed by atoms with Crippen molar-refractivity contribution < 1.29 is 0 Å². The van der Waals surface area contributed by atoms with Gasteiger partial charge in [0, 0.05) is 44.3 Å². The number of aromatic nitrogens is 3. The minimum Gasteiger partial charge on any atom is -0.299 e. The van der Waals surface area contributed by atoms with Gasteiger partial charge in [-0.25, -0.2) is 9.97 Å². The van der Waals surface area contributed by atoms with E-state index in [1.54, 1.807) is 0 Å². The third-order valence-corrected chi connectivity index (χ3v) is 13.4. The molecule has 0 radical (unpaired) electrons. The Balaban J connectivity index is 1.03. The van der Waals surface area contributed by atoms with Crippen molar-refractivity contribution in [2.75, 3.05) is 0 Å². The summed E-state index contributed by atoms with van der Waals surface area (Å²) >= 11 is 1.88. The lowest BCUT2D eigenvalue weighted by molar-refractivity contribution is 0.723. The summed E-state index contributed by atoms with van der Waals surface area (Å²) < 4.78 is 2.22. The van der Waals surface area contributed by atoms with Gasteiger partial charge < -0.3 is 0 Å². The first kappa shape index (κ1) is 33.8. The normalized spacial score (nSPS) is 13.2. The summed E-state index contributed by atoms with van der Waals surface area (Å²) in [6.07, 6.45) is 3.97. The standard InChI is InChI=1S/C55H35N3S/c1-3-15-36(16-4-1)49-30-28-44(53(57-49)37-17-5-2-6-18-37)54-56-33-34-58(54)50-31-29-39(40-19-7-8-22-43(40)50)38-27-32-52-48(35-38)55(47-25-13-14-26-51(47)59-52)45-23-11-9-20-41(45)42-21-10-12-24-46(42)55/h1-35H. The van der Waals surface area contributed by atoms with E-state index in [-0.39, 0.29) is 0 Å². The zero-order valence-corrected chi connectivity index (χ0v) is 32.8. The summed E-state index contributed by atoms with van der Waals surface area (Å²) in [4.78, 5) is 12.9. The van der Waals surface area contributed by atoms with Crippen molar-refractivity contribution in [1.82, 2.24) is 14.5 Å². The molecule has 1 aliphatic heterocycles. The lowest BCUT2D eigenvalue weighted by atomic mass is 9.67. The van der Waals surface area contributed by atoms with Crippen molar-refractivity contribution in [2.24, 2.45) is 0 Å². The van der Waals surface area contributed by atoms with Crippen LogP contribution in [-0.4, -0.2) is 14.5 Å². The Bertz CT molecular complexity index is 3210. The van der Waals surface area contributed by atoms with Gasteiger partial charge in [-0.15, -0.1) is 0 Å². The lowest BCUT2D eigenvalue weighted by Gasteiger charge is -2.40. The zero-order chi connectivity index (χ0) is 38.9. The van der Waals surface area contributed by atoms with Crippen LogP contribution in [0.1, 0.15) is 22.3 Å². The molecule has 0 N–H and O–H groups in total. The molecule has 0 bridgehead atoms. The average molecular weight is 770 g/mol. The van der Waals surface area contributed by atoms with Gasteiger partial charge in [-0.1, -0.05) is 176 Å². The maximum atomic E-state index is 5.27. The first-order valence-electron chi connectivity index (χ1n) is 20.1. The van der Waals surface area contributed by atoms with Gasteiger partial charge in [-0.05, 0) is 86.3 Å². The summed E-state index contributed by atoms with van der Waals surface area (Å²) in [7, 11) is 0. The SMILES string of the molecule is c1ccc(-c2ccc(-c3nccn3-c3ccc(-c4ccc5c(c4)C4(c6ccccc6S5)c5ccccc5-c5ccccc54)c4ccccc34)c(-c3ccccc3)n2)cc1. The topological polar surface area (TPSA) is 30.7 Å². The molecule has 0 saturated carbocycles. The van der Waals surface area contributed by atoms with Crippen LogP contribution in [0.5, 0.6) is 0 Å². The molecule has 276 valence electrons. The molecule has 12 rings (SSSR count). The van der Waals surface area contributed by atoms with E-state index in [1.165, 1.54) is 59.7 Å². The molecule has 3 heterocycles. The van der Waals surface area contributed by atoms with Crippen LogP contribution in [0.3, 0.4) is 0 Å². The number of pyridine rings is 1. The molecule has 2 aliphatic rings. The highest BCUT2D eigenvalue weighted by molar-refractivity contribution is 7.99. The molecule has 2 aromatic heterocycles. The maximum Gasteiger partial charge on any atom is 0.146 e. The van der Waals surface area contributed by atoms with Gasteiger partial charge in [0.05, 0.1) is 22.5 Å². The average Bonchev–Trinajstić information content (AvgIpc) is 3.91. The molecular weight excluding hydrogens is 735 g/mol. The van der Waals surface area contributed by atoms with Gasteiger partial charge in [0.25, 0.3) is 0 Å². The number of nitrogens with zero attached hydrogens (tertiary/aromatic N) is 3. The Morgan fingerprint density at radius 1 is 0.424 bits per heavy atom. The second-order valence-corrected chi connectivity index (χ2v) is 16.4. The van der Waals surface area contributed by atoms with Gasteiger partial charge in [-0.3, -0.25) is 4.57 Å². The van der Waals surface area contributed by atoms with E-state index in [2.05, 4.69) is 199 Å². The van der Waals surface area contributed by atoms with E-state index in [4.69, 9.17) is 9.97 Å². The number of fused-ring (bicyclic) bond motifs is 10. The van der Waals surface area contributed by atoms with Crippen LogP contribution in [-0.2, 0) is 5.41 Å². The van der Waals surface area contributed by atoms with Crippen LogP contribution >= 0.6 is 11.8 Å². The quantitative estimate of drug-likeness (QED) is 0.175. The fraction of sp³-hybridized carbons (Fsp3) is 0.0182. The molecule has 3 nitrogen and oxygen atoms in total. The number of rotatable bonds is 5. The van der Waals surface area contributed by atoms with Crippen LogP contribution in [0.4, 0.5) is 0 Å². The van der Waals surface area contributed by atoms with E-state index in [1.807, 2.05) is 30.1 Å². The van der Waals surface area contributed by atoms with Gasteiger partial charge in [0.2, 0.25) is 0 Å². The first-order chi connectivity index (χ1) is 29.3. The fourth-order valence-corrected chi connectivity index (χ4v) is 10.9. The minimum absolute atomic E-state index is 0.428. The Kier molecular flexibility index (Phi) is 7.69. The Labute approximate surface area is 347 Å². The fourth-order valence-electron chi connectivity index (χ4n) is 9.69. The van der Waals surface area contributed by atoms with Crippen LogP contribution in [0, 0.1) is 0 Å². The summed E-state index contributed by atoms with van der Waals surface area (Å²) in [5, 5.41) is 2.35. The Morgan fingerprint density at radius 3 is 1.80 bits per heavy atom. The third-order valence-electron chi connectivity index (χ3n) is 12.2. The van der Waals surface area contributed by atoms with E-state index in [0.29, 0.717) is 0 Å². The van der Waals surface area contributed by atoms with E-state index in [0.717, 1.165) is 45.0 Å². The molecule has 0 fully saturated rings. The Morgan fingerprint density at radius 2 is 1.03 bits per heavy atom. The van der Waals surface area contributed by atoms with Crippen LogP contribution in [0.15, 0.2) is 222 Å². The molecule has 59 heavy (non-hydrogen) atoms. The van der Waals surface area contributed by atoms with Crippen molar-refractivity contribution in [3.8, 4) is 61.8 Å². The number of benzene rings is 8. The third kappa shape index (κ3) is 5.10. The minimum atomic E-state index is -0.428. The van der Waals surface area contributed by atoms with Crippen molar-refractivity contribution in [1.29, 1.82) is 0 Å². The van der Waals surface area contributed by atoms with Crippen molar-refractivity contribution in [3.63, 3.8) is 0 Å². The number of hydrogen-bond acceptors (Lipinski definition) is 3. The molecule has 1 aliphatic carbocycles. The smallest absolute Gasteiger partial charge is 0.146 e. The summed E-state index contributed by atoms with van der Waals surface area (Å²) in [5.74, 6) is 0.846. The molecular formula is C55H35N3S. The largest absolute Gasteiger partial charge is 0.299 e. The second-order valence-electron chi connectivity index (χ2n) is 15.3. The van der Waals surface area contributed by atoms with Gasteiger partial charge in [-0.2, -0.15) is 0 Å². The van der Waals surface area contributed by atoms with Gasteiger partial charge in [0.15, 0.2) is 0 Å².